The summed E-state index contributed by atoms with van der Waals surface area (Å²) < 4.78 is 25.7. The van der Waals surface area contributed by atoms with E-state index < -0.39 is 0 Å². The van der Waals surface area contributed by atoms with Gasteiger partial charge in [-0.1, -0.05) is 0 Å². The molecule has 0 aliphatic carbocycles. The standard InChI is InChI=1S/C19H23FN2O2/c20-18-9-16-11-21-5-1-15(16)10-19(18)24-17-2-6-22(7-3-17)12-14-4-8-23-13-14/h1,5,9-11,14,17H,2-4,6-8,12-13H2. The number of fused-ring (bicyclic) bond motifs is 1. The van der Waals surface area contributed by atoms with E-state index in [4.69, 9.17) is 9.47 Å². The van der Waals surface area contributed by atoms with Crippen molar-refractivity contribution in [3.63, 3.8) is 0 Å². The smallest absolute Gasteiger partial charge is 0.165 e. The third-order valence-electron chi connectivity index (χ3n) is 5.06. The van der Waals surface area contributed by atoms with Crippen LogP contribution in [0.5, 0.6) is 5.75 Å². The molecule has 2 aliphatic heterocycles. The molecule has 2 fully saturated rings. The minimum absolute atomic E-state index is 0.0925. The topological polar surface area (TPSA) is 34.6 Å². The summed E-state index contributed by atoms with van der Waals surface area (Å²) in [6.07, 6.45) is 6.55. The number of hydrogen-bond acceptors (Lipinski definition) is 4. The second-order valence-electron chi connectivity index (χ2n) is 6.85. The molecule has 3 heterocycles. The summed E-state index contributed by atoms with van der Waals surface area (Å²) in [7, 11) is 0. The van der Waals surface area contributed by atoms with Crippen LogP contribution in [0.25, 0.3) is 10.8 Å². The van der Waals surface area contributed by atoms with Crippen molar-refractivity contribution < 1.29 is 13.9 Å². The molecule has 0 amide bonds. The predicted octanol–water partition coefficient (Wildman–Crippen LogP) is 3.25. The van der Waals surface area contributed by atoms with E-state index in [9.17, 15) is 4.39 Å². The molecule has 2 saturated heterocycles. The lowest BCUT2D eigenvalue weighted by molar-refractivity contribution is 0.0855. The summed E-state index contributed by atoms with van der Waals surface area (Å²) in [5, 5.41) is 1.76. The number of halogens is 1. The minimum Gasteiger partial charge on any atom is -0.487 e. The van der Waals surface area contributed by atoms with Gasteiger partial charge in [0.15, 0.2) is 11.6 Å². The van der Waals surface area contributed by atoms with Gasteiger partial charge in [0.05, 0.1) is 6.61 Å². The number of rotatable bonds is 4. The monoisotopic (exact) mass is 330 g/mol. The van der Waals surface area contributed by atoms with Gasteiger partial charge in [-0.05, 0) is 48.8 Å². The second kappa shape index (κ2) is 7.03. The van der Waals surface area contributed by atoms with Crippen LogP contribution in [0.2, 0.25) is 0 Å². The molecule has 0 saturated carbocycles. The fraction of sp³-hybridized carbons (Fsp3) is 0.526. The molecule has 2 aliphatic rings. The lowest BCUT2D eigenvalue weighted by Gasteiger charge is -2.33. The average Bonchev–Trinajstić information content (AvgIpc) is 3.10. The molecular weight excluding hydrogens is 307 g/mol. The Balaban J connectivity index is 1.35. The highest BCUT2D eigenvalue weighted by atomic mass is 19.1. The summed E-state index contributed by atoms with van der Waals surface area (Å²) >= 11 is 0. The Morgan fingerprint density at radius 2 is 2.08 bits per heavy atom. The zero-order chi connectivity index (χ0) is 16.4. The van der Waals surface area contributed by atoms with Crippen LogP contribution in [0.15, 0.2) is 30.6 Å². The lowest BCUT2D eigenvalue weighted by Crippen LogP contribution is -2.40. The molecule has 0 spiro atoms. The van der Waals surface area contributed by atoms with Crippen LogP contribution >= 0.6 is 0 Å². The largest absolute Gasteiger partial charge is 0.487 e. The zero-order valence-corrected chi connectivity index (χ0v) is 13.8. The number of aromatic nitrogens is 1. The first-order chi connectivity index (χ1) is 11.8. The molecule has 128 valence electrons. The van der Waals surface area contributed by atoms with E-state index in [1.807, 2.05) is 6.07 Å². The molecule has 1 aromatic heterocycles. The Kier molecular flexibility index (Phi) is 4.63. The van der Waals surface area contributed by atoms with E-state index in [1.54, 1.807) is 18.5 Å². The Morgan fingerprint density at radius 3 is 2.88 bits per heavy atom. The molecule has 0 radical (unpaired) electrons. The SMILES string of the molecule is Fc1cc2cnccc2cc1OC1CCN(CC2CCOC2)CC1. The first kappa shape index (κ1) is 15.8. The summed E-state index contributed by atoms with van der Waals surface area (Å²) in [6.45, 7) is 4.94. The van der Waals surface area contributed by atoms with Crippen molar-refractivity contribution >= 4 is 10.8 Å². The Hall–Kier alpha value is -1.72. The number of hydrogen-bond donors (Lipinski definition) is 0. The van der Waals surface area contributed by atoms with Crippen molar-refractivity contribution in [3.8, 4) is 5.75 Å². The van der Waals surface area contributed by atoms with Crippen molar-refractivity contribution in [2.24, 2.45) is 5.92 Å². The Morgan fingerprint density at radius 1 is 1.21 bits per heavy atom. The fourth-order valence-electron chi connectivity index (χ4n) is 3.66. The molecule has 1 atom stereocenters. The first-order valence-electron chi connectivity index (χ1n) is 8.78. The van der Waals surface area contributed by atoms with Gasteiger partial charge >= 0.3 is 0 Å². The maximum absolute atomic E-state index is 14.2. The van der Waals surface area contributed by atoms with Crippen LogP contribution in [-0.2, 0) is 4.74 Å². The van der Waals surface area contributed by atoms with Gasteiger partial charge in [0, 0.05) is 44.0 Å². The predicted molar refractivity (Wildman–Crippen MR) is 90.7 cm³/mol. The molecule has 0 N–H and O–H groups in total. The van der Waals surface area contributed by atoms with Crippen molar-refractivity contribution in [2.45, 2.75) is 25.4 Å². The number of ether oxygens (including phenoxy) is 2. The van der Waals surface area contributed by atoms with Gasteiger partial charge in [0.25, 0.3) is 0 Å². The molecule has 24 heavy (non-hydrogen) atoms. The average molecular weight is 330 g/mol. The Bertz CT molecular complexity index is 695. The normalized spacial score (nSPS) is 23.0. The van der Waals surface area contributed by atoms with Crippen LogP contribution in [0.3, 0.4) is 0 Å². The van der Waals surface area contributed by atoms with Crippen LogP contribution in [-0.4, -0.2) is 48.8 Å². The number of benzene rings is 1. The highest BCUT2D eigenvalue weighted by Gasteiger charge is 2.25. The zero-order valence-electron chi connectivity index (χ0n) is 13.8. The van der Waals surface area contributed by atoms with Crippen LogP contribution in [0.4, 0.5) is 4.39 Å². The van der Waals surface area contributed by atoms with Crippen LogP contribution < -0.4 is 4.74 Å². The van der Waals surface area contributed by atoms with Crippen molar-refractivity contribution in [1.29, 1.82) is 0 Å². The van der Waals surface area contributed by atoms with Crippen LogP contribution in [0.1, 0.15) is 19.3 Å². The van der Waals surface area contributed by atoms with Gasteiger partial charge in [-0.25, -0.2) is 4.39 Å². The molecule has 2 aromatic rings. The van der Waals surface area contributed by atoms with Gasteiger partial charge in [-0.15, -0.1) is 0 Å². The summed E-state index contributed by atoms with van der Waals surface area (Å²) in [6, 6.07) is 5.18. The third kappa shape index (κ3) is 3.52. The minimum atomic E-state index is -0.305. The van der Waals surface area contributed by atoms with Gasteiger partial charge < -0.3 is 14.4 Å². The third-order valence-corrected chi connectivity index (χ3v) is 5.06. The van der Waals surface area contributed by atoms with Crippen molar-refractivity contribution in [3.05, 3.63) is 36.4 Å². The van der Waals surface area contributed by atoms with E-state index in [1.165, 1.54) is 12.5 Å². The molecule has 4 nitrogen and oxygen atoms in total. The molecule has 5 heteroatoms. The van der Waals surface area contributed by atoms with E-state index in [0.29, 0.717) is 11.7 Å². The quantitative estimate of drug-likeness (QED) is 0.862. The number of likely N-dealkylation sites (tertiary alicyclic amines) is 1. The first-order valence-corrected chi connectivity index (χ1v) is 8.78. The van der Waals surface area contributed by atoms with Crippen molar-refractivity contribution in [1.82, 2.24) is 9.88 Å². The highest BCUT2D eigenvalue weighted by Crippen LogP contribution is 2.27. The molecule has 1 unspecified atom stereocenters. The van der Waals surface area contributed by atoms with Gasteiger partial charge in [-0.3, -0.25) is 4.98 Å². The van der Waals surface area contributed by atoms with E-state index >= 15 is 0 Å². The maximum Gasteiger partial charge on any atom is 0.165 e. The lowest BCUT2D eigenvalue weighted by atomic mass is 10.0. The van der Waals surface area contributed by atoms with E-state index in [0.717, 1.165) is 56.5 Å². The fourth-order valence-corrected chi connectivity index (χ4v) is 3.66. The summed E-state index contributed by atoms with van der Waals surface area (Å²) in [5.74, 6) is 0.728. The van der Waals surface area contributed by atoms with Gasteiger partial charge in [-0.2, -0.15) is 0 Å². The second-order valence-corrected chi connectivity index (χ2v) is 6.85. The molecule has 4 rings (SSSR count). The Labute approximate surface area is 141 Å². The van der Waals surface area contributed by atoms with E-state index in [2.05, 4.69) is 9.88 Å². The summed E-state index contributed by atoms with van der Waals surface area (Å²) in [5.41, 5.74) is 0. The van der Waals surface area contributed by atoms with Crippen molar-refractivity contribution in [2.75, 3.05) is 32.8 Å². The maximum atomic E-state index is 14.2. The van der Waals surface area contributed by atoms with Gasteiger partial charge in [0.1, 0.15) is 6.10 Å². The summed E-state index contributed by atoms with van der Waals surface area (Å²) in [4.78, 5) is 6.52. The van der Waals surface area contributed by atoms with Crippen LogP contribution in [0, 0.1) is 11.7 Å². The molecule has 1 aromatic carbocycles. The van der Waals surface area contributed by atoms with E-state index in [-0.39, 0.29) is 11.9 Å². The van der Waals surface area contributed by atoms with Gasteiger partial charge in [0.2, 0.25) is 0 Å². The number of nitrogens with zero attached hydrogens (tertiary/aromatic N) is 2. The molecular formula is C19H23FN2O2. The highest BCUT2D eigenvalue weighted by molar-refractivity contribution is 5.83. The number of piperidine rings is 1. The number of pyridine rings is 1. The molecule has 0 bridgehead atoms.